The van der Waals surface area contributed by atoms with Crippen LogP contribution in [-0.2, 0) is 17.8 Å². The maximum absolute atomic E-state index is 12.2. The van der Waals surface area contributed by atoms with Gasteiger partial charge in [0.05, 0.1) is 6.20 Å². The van der Waals surface area contributed by atoms with Crippen molar-refractivity contribution in [1.82, 2.24) is 9.78 Å². The number of aryl methyl sites for hydroxylation is 1. The van der Waals surface area contributed by atoms with E-state index >= 15 is 0 Å². The van der Waals surface area contributed by atoms with E-state index in [-0.39, 0.29) is 12.4 Å². The average molecular weight is 272 g/mol. The molecule has 1 aliphatic heterocycles. The summed E-state index contributed by atoms with van der Waals surface area (Å²) in [6, 6.07) is 7.38. The molecule has 5 nitrogen and oxygen atoms in total. The first-order valence-electron chi connectivity index (χ1n) is 6.69. The van der Waals surface area contributed by atoms with Gasteiger partial charge in [0.15, 0.2) is 23.4 Å². The third kappa shape index (κ3) is 2.52. The lowest BCUT2D eigenvalue weighted by atomic mass is 10.1. The molecule has 1 unspecified atom stereocenters. The van der Waals surface area contributed by atoms with Crippen LogP contribution in [0.25, 0.3) is 0 Å². The van der Waals surface area contributed by atoms with E-state index in [9.17, 15) is 4.79 Å². The number of para-hydroxylation sites is 2. The summed E-state index contributed by atoms with van der Waals surface area (Å²) in [5.74, 6) is 1.33. The van der Waals surface area contributed by atoms with Crippen LogP contribution < -0.4 is 9.47 Å². The molecule has 1 aromatic carbocycles. The summed E-state index contributed by atoms with van der Waals surface area (Å²) in [4.78, 5) is 12.2. The molecule has 104 valence electrons. The van der Waals surface area contributed by atoms with Gasteiger partial charge in [-0.25, -0.2) is 0 Å². The Hall–Kier alpha value is -2.30. The number of carbonyl (C=O) groups excluding carboxylic acids is 1. The zero-order valence-corrected chi connectivity index (χ0v) is 11.3. The molecule has 1 aromatic heterocycles. The smallest absolute Gasteiger partial charge is 0.191 e. The first-order valence-corrected chi connectivity index (χ1v) is 6.69. The van der Waals surface area contributed by atoms with E-state index in [4.69, 9.17) is 9.47 Å². The largest absolute Gasteiger partial charge is 0.485 e. The number of rotatable bonds is 4. The third-order valence-electron chi connectivity index (χ3n) is 3.26. The van der Waals surface area contributed by atoms with Gasteiger partial charge in [0.25, 0.3) is 0 Å². The highest BCUT2D eigenvalue weighted by atomic mass is 16.6. The molecule has 0 spiro atoms. The summed E-state index contributed by atoms with van der Waals surface area (Å²) in [7, 11) is 0. The van der Waals surface area contributed by atoms with Crippen molar-refractivity contribution in [3.63, 3.8) is 0 Å². The normalized spacial score (nSPS) is 16.9. The van der Waals surface area contributed by atoms with E-state index in [0.717, 1.165) is 12.1 Å². The number of benzene rings is 1. The Bertz CT molecular complexity index is 621. The second-order valence-corrected chi connectivity index (χ2v) is 4.71. The van der Waals surface area contributed by atoms with Crippen LogP contribution in [0.1, 0.15) is 12.5 Å². The molecule has 1 atom stereocenters. The van der Waals surface area contributed by atoms with Gasteiger partial charge in [-0.05, 0) is 24.6 Å². The predicted octanol–water partition coefficient (Wildman–Crippen LogP) is 1.85. The Labute approximate surface area is 117 Å². The van der Waals surface area contributed by atoms with Crippen LogP contribution in [0.15, 0.2) is 36.7 Å². The quantitative estimate of drug-likeness (QED) is 0.852. The van der Waals surface area contributed by atoms with Gasteiger partial charge in [0.1, 0.15) is 6.61 Å². The number of hydrogen-bond donors (Lipinski definition) is 0. The van der Waals surface area contributed by atoms with E-state index in [1.807, 2.05) is 37.4 Å². The molecule has 3 rings (SSSR count). The SMILES string of the molecule is CCn1cc(CC(=O)C2COc3ccccc3O2)cn1. The highest BCUT2D eigenvalue weighted by Crippen LogP contribution is 2.31. The molecule has 2 aromatic rings. The third-order valence-corrected chi connectivity index (χ3v) is 3.26. The molecule has 0 amide bonds. The molecule has 0 saturated carbocycles. The zero-order chi connectivity index (χ0) is 13.9. The van der Waals surface area contributed by atoms with E-state index in [1.165, 1.54) is 0 Å². The number of hydrogen-bond acceptors (Lipinski definition) is 4. The van der Waals surface area contributed by atoms with Gasteiger partial charge < -0.3 is 9.47 Å². The Morgan fingerprint density at radius 2 is 2.20 bits per heavy atom. The molecule has 1 aliphatic rings. The maximum Gasteiger partial charge on any atom is 0.191 e. The van der Waals surface area contributed by atoms with Crippen LogP contribution >= 0.6 is 0 Å². The number of aromatic nitrogens is 2. The standard InChI is InChI=1S/C15H16N2O3/c1-2-17-9-11(8-16-17)7-12(18)15-10-19-13-5-3-4-6-14(13)20-15/h3-6,8-9,15H,2,7,10H2,1H3. The van der Waals surface area contributed by atoms with Gasteiger partial charge in [-0.1, -0.05) is 12.1 Å². The molecule has 0 saturated heterocycles. The van der Waals surface area contributed by atoms with Crippen LogP contribution in [0, 0.1) is 0 Å². The van der Waals surface area contributed by atoms with Crippen molar-refractivity contribution in [1.29, 1.82) is 0 Å². The molecule has 0 bridgehead atoms. The molecule has 20 heavy (non-hydrogen) atoms. The first kappa shape index (κ1) is 12.7. The number of ketones is 1. The molecular formula is C15H16N2O3. The van der Waals surface area contributed by atoms with Crippen molar-refractivity contribution >= 4 is 5.78 Å². The fraction of sp³-hybridized carbons (Fsp3) is 0.333. The van der Waals surface area contributed by atoms with Gasteiger partial charge >= 0.3 is 0 Å². The average Bonchev–Trinajstić information content (AvgIpc) is 2.94. The summed E-state index contributed by atoms with van der Waals surface area (Å²) < 4.78 is 13.1. The zero-order valence-electron chi connectivity index (χ0n) is 11.3. The van der Waals surface area contributed by atoms with Gasteiger partial charge in [-0.2, -0.15) is 5.10 Å². The minimum Gasteiger partial charge on any atom is -0.485 e. The van der Waals surface area contributed by atoms with Crippen LogP contribution in [0.3, 0.4) is 0 Å². The molecule has 5 heteroatoms. The van der Waals surface area contributed by atoms with Gasteiger partial charge in [-0.15, -0.1) is 0 Å². The summed E-state index contributed by atoms with van der Waals surface area (Å²) >= 11 is 0. The maximum atomic E-state index is 12.2. The predicted molar refractivity (Wildman–Crippen MR) is 73.0 cm³/mol. The highest BCUT2D eigenvalue weighted by Gasteiger charge is 2.27. The van der Waals surface area contributed by atoms with Crippen molar-refractivity contribution in [2.45, 2.75) is 26.0 Å². The summed E-state index contributed by atoms with van der Waals surface area (Å²) in [5, 5.41) is 4.16. The first-order chi connectivity index (χ1) is 9.76. The van der Waals surface area contributed by atoms with Crippen molar-refractivity contribution in [3.05, 3.63) is 42.2 Å². The van der Waals surface area contributed by atoms with Crippen LogP contribution in [0.2, 0.25) is 0 Å². The Kier molecular flexibility index (Phi) is 3.41. The molecule has 0 aliphatic carbocycles. The fourth-order valence-electron chi connectivity index (χ4n) is 2.16. The number of carbonyl (C=O) groups is 1. The van der Waals surface area contributed by atoms with Crippen LogP contribution in [0.4, 0.5) is 0 Å². The summed E-state index contributed by atoms with van der Waals surface area (Å²) in [6.45, 7) is 3.07. The van der Waals surface area contributed by atoms with Crippen LogP contribution in [0.5, 0.6) is 11.5 Å². The van der Waals surface area contributed by atoms with Gasteiger partial charge in [0.2, 0.25) is 0 Å². The Balaban J connectivity index is 1.67. The lowest BCUT2D eigenvalue weighted by Crippen LogP contribution is -2.37. The Morgan fingerprint density at radius 3 is 2.95 bits per heavy atom. The second-order valence-electron chi connectivity index (χ2n) is 4.71. The Morgan fingerprint density at radius 1 is 1.40 bits per heavy atom. The number of fused-ring (bicyclic) bond motifs is 1. The lowest BCUT2D eigenvalue weighted by molar-refractivity contribution is -0.127. The molecular weight excluding hydrogens is 256 g/mol. The molecule has 0 fully saturated rings. The van der Waals surface area contributed by atoms with E-state index in [1.54, 1.807) is 10.9 Å². The number of Topliss-reactive ketones (excluding diaryl/α,β-unsaturated/α-hetero) is 1. The second kappa shape index (κ2) is 5.36. The van der Waals surface area contributed by atoms with E-state index in [0.29, 0.717) is 17.9 Å². The highest BCUT2D eigenvalue weighted by molar-refractivity contribution is 5.86. The van der Waals surface area contributed by atoms with Crippen molar-refractivity contribution in [2.24, 2.45) is 0 Å². The van der Waals surface area contributed by atoms with Gasteiger partial charge in [0, 0.05) is 19.2 Å². The number of nitrogens with zero attached hydrogens (tertiary/aromatic N) is 2. The van der Waals surface area contributed by atoms with Crippen molar-refractivity contribution in [2.75, 3.05) is 6.61 Å². The van der Waals surface area contributed by atoms with E-state index in [2.05, 4.69) is 5.10 Å². The summed E-state index contributed by atoms with van der Waals surface area (Å²) in [5.41, 5.74) is 0.902. The lowest BCUT2D eigenvalue weighted by Gasteiger charge is -2.25. The van der Waals surface area contributed by atoms with Crippen molar-refractivity contribution < 1.29 is 14.3 Å². The monoisotopic (exact) mass is 272 g/mol. The van der Waals surface area contributed by atoms with Crippen molar-refractivity contribution in [3.8, 4) is 11.5 Å². The fourth-order valence-corrected chi connectivity index (χ4v) is 2.16. The molecule has 0 N–H and O–H groups in total. The minimum absolute atomic E-state index is 0.00940. The van der Waals surface area contributed by atoms with E-state index < -0.39 is 6.10 Å². The van der Waals surface area contributed by atoms with Crippen LogP contribution in [-0.4, -0.2) is 28.3 Å². The summed E-state index contributed by atoms with van der Waals surface area (Å²) in [6.07, 6.45) is 3.37. The molecule has 2 heterocycles. The topological polar surface area (TPSA) is 53.4 Å². The minimum atomic E-state index is -0.546. The number of ether oxygens (including phenoxy) is 2. The molecule has 0 radical (unpaired) electrons. The van der Waals surface area contributed by atoms with Gasteiger partial charge in [-0.3, -0.25) is 9.48 Å².